The zero-order valence-electron chi connectivity index (χ0n) is 20.1. The fourth-order valence-electron chi connectivity index (χ4n) is 4.76. The smallest absolute Gasteiger partial charge is 0.233 e. The number of benzene rings is 3. The first-order chi connectivity index (χ1) is 18.4. The molecule has 0 aliphatic carbocycles. The second-order valence-corrected chi connectivity index (χ2v) is 9.02. The Balaban J connectivity index is 2.19. The Morgan fingerprint density at radius 3 is 1.36 bits per heavy atom. The van der Waals surface area contributed by atoms with Crippen molar-refractivity contribution in [3.63, 3.8) is 0 Å². The van der Waals surface area contributed by atoms with Crippen LogP contribution in [0, 0.1) is 64.1 Å². The van der Waals surface area contributed by atoms with E-state index in [-0.39, 0.29) is 16.8 Å². The van der Waals surface area contributed by atoms with Gasteiger partial charge in [-0.25, -0.2) is 43.9 Å². The highest BCUT2D eigenvalue weighted by Gasteiger charge is 2.45. The summed E-state index contributed by atoms with van der Waals surface area (Å²) in [5.74, 6) is -27.3. The highest BCUT2D eigenvalue weighted by Crippen LogP contribution is 2.36. The van der Waals surface area contributed by atoms with Crippen LogP contribution in [-0.4, -0.2) is 11.7 Å². The van der Waals surface area contributed by atoms with Crippen LogP contribution < -0.4 is 10.9 Å². The van der Waals surface area contributed by atoms with Gasteiger partial charge in [0.2, 0.25) is 6.71 Å². The third kappa shape index (κ3) is 4.66. The lowest BCUT2D eigenvalue weighted by atomic mass is 9.30. The Bertz CT molecular complexity index is 1430. The van der Waals surface area contributed by atoms with Crippen LogP contribution in [-0.2, 0) is 0 Å². The maximum Gasteiger partial charge on any atom is 0.233 e. The SMILES string of the molecule is CC(C)C(B(c1c(F)c(F)c(F)c(F)c1F)c1c(F)c(F)c(F)c(F)c1F)c1ccccc1-c1ccccn1. The Hall–Kier alpha value is -3.83. The van der Waals surface area contributed by atoms with E-state index in [1.54, 1.807) is 12.1 Å². The maximum atomic E-state index is 15.2. The second-order valence-electron chi connectivity index (χ2n) is 9.02. The molecule has 4 aromatic rings. The van der Waals surface area contributed by atoms with E-state index in [1.165, 1.54) is 50.4 Å². The molecular weight excluding hydrogens is 539 g/mol. The lowest BCUT2D eigenvalue weighted by Gasteiger charge is -2.32. The van der Waals surface area contributed by atoms with Crippen molar-refractivity contribution in [3.8, 4) is 11.3 Å². The fourth-order valence-corrected chi connectivity index (χ4v) is 4.76. The van der Waals surface area contributed by atoms with Gasteiger partial charge in [-0.1, -0.05) is 44.2 Å². The van der Waals surface area contributed by atoms with Gasteiger partial charge in [0.05, 0.1) is 5.69 Å². The van der Waals surface area contributed by atoms with E-state index in [9.17, 15) is 26.3 Å². The minimum Gasteiger partial charge on any atom is -0.256 e. The summed E-state index contributed by atoms with van der Waals surface area (Å²) in [4.78, 5) is 4.17. The highest BCUT2D eigenvalue weighted by molar-refractivity contribution is 6.86. The van der Waals surface area contributed by atoms with Crippen molar-refractivity contribution in [2.24, 2.45) is 5.92 Å². The third-order valence-corrected chi connectivity index (χ3v) is 6.45. The molecule has 1 nitrogen and oxygen atoms in total. The van der Waals surface area contributed by atoms with Crippen LogP contribution in [0.4, 0.5) is 43.9 Å². The van der Waals surface area contributed by atoms with Gasteiger partial charge in [0.1, 0.15) is 0 Å². The van der Waals surface area contributed by atoms with Gasteiger partial charge in [0.25, 0.3) is 0 Å². The fraction of sp³-hybridized carbons (Fsp3) is 0.148. The Kier molecular flexibility index (Phi) is 7.76. The molecule has 0 aliphatic rings. The van der Waals surface area contributed by atoms with Gasteiger partial charge in [-0.05, 0) is 29.4 Å². The van der Waals surface area contributed by atoms with Crippen molar-refractivity contribution in [3.05, 3.63) is 112 Å². The zero-order chi connectivity index (χ0) is 28.8. The summed E-state index contributed by atoms with van der Waals surface area (Å²) < 4.78 is 146. The van der Waals surface area contributed by atoms with Gasteiger partial charge in [-0.3, -0.25) is 4.98 Å². The molecule has 0 saturated heterocycles. The summed E-state index contributed by atoms with van der Waals surface area (Å²) in [5.41, 5.74) is -2.96. The van der Waals surface area contributed by atoms with E-state index in [1.807, 2.05) is 0 Å². The minimum atomic E-state index is -2.57. The molecule has 1 aromatic heterocycles. The van der Waals surface area contributed by atoms with Crippen molar-refractivity contribution in [2.75, 3.05) is 0 Å². The van der Waals surface area contributed by atoms with Gasteiger partial charge in [-0.2, -0.15) is 0 Å². The van der Waals surface area contributed by atoms with E-state index in [2.05, 4.69) is 4.98 Å². The normalized spacial score (nSPS) is 12.2. The van der Waals surface area contributed by atoms with Crippen LogP contribution in [0.15, 0.2) is 48.7 Å². The number of nitrogens with zero attached hydrogens (tertiary/aromatic N) is 1. The molecule has 3 aromatic carbocycles. The zero-order valence-corrected chi connectivity index (χ0v) is 20.1. The van der Waals surface area contributed by atoms with E-state index in [0.29, 0.717) is 0 Å². The Morgan fingerprint density at radius 1 is 0.538 bits per heavy atom. The van der Waals surface area contributed by atoms with Gasteiger partial charge < -0.3 is 0 Å². The van der Waals surface area contributed by atoms with Crippen molar-refractivity contribution >= 4 is 17.6 Å². The van der Waals surface area contributed by atoms with E-state index >= 15 is 17.6 Å². The average Bonchev–Trinajstić information content (AvgIpc) is 2.93. The molecule has 4 rings (SSSR count). The molecule has 12 heteroatoms. The molecular formula is C27H16BF10N. The largest absolute Gasteiger partial charge is 0.256 e. The second kappa shape index (κ2) is 10.7. The van der Waals surface area contributed by atoms with Crippen LogP contribution >= 0.6 is 0 Å². The van der Waals surface area contributed by atoms with Crippen LogP contribution in [0.3, 0.4) is 0 Å². The van der Waals surface area contributed by atoms with Crippen LogP contribution in [0.25, 0.3) is 11.3 Å². The predicted molar refractivity (Wildman–Crippen MR) is 125 cm³/mol. The van der Waals surface area contributed by atoms with Gasteiger partial charge in [0, 0.05) is 22.7 Å². The maximum absolute atomic E-state index is 15.2. The molecule has 0 bridgehead atoms. The highest BCUT2D eigenvalue weighted by atomic mass is 19.2. The van der Waals surface area contributed by atoms with Gasteiger partial charge in [-0.15, -0.1) is 0 Å². The Morgan fingerprint density at radius 2 is 0.949 bits per heavy atom. The van der Waals surface area contributed by atoms with E-state index in [0.717, 1.165) is 0 Å². The summed E-state index contributed by atoms with van der Waals surface area (Å²) in [6.07, 6.45) is 1.39. The summed E-state index contributed by atoms with van der Waals surface area (Å²) >= 11 is 0. The minimum absolute atomic E-state index is 0.0454. The molecule has 0 saturated carbocycles. The van der Waals surface area contributed by atoms with E-state index < -0.39 is 87.5 Å². The third-order valence-electron chi connectivity index (χ3n) is 6.45. The molecule has 0 radical (unpaired) electrons. The monoisotopic (exact) mass is 555 g/mol. The molecule has 39 heavy (non-hydrogen) atoms. The van der Waals surface area contributed by atoms with Gasteiger partial charge >= 0.3 is 0 Å². The number of rotatable bonds is 6. The Labute approximate surface area is 216 Å². The van der Waals surface area contributed by atoms with Crippen molar-refractivity contribution in [1.29, 1.82) is 0 Å². The summed E-state index contributed by atoms with van der Waals surface area (Å²) in [6.45, 7) is 0.222. The van der Waals surface area contributed by atoms with Crippen molar-refractivity contribution < 1.29 is 43.9 Å². The van der Waals surface area contributed by atoms with Crippen molar-refractivity contribution in [1.82, 2.24) is 4.98 Å². The molecule has 0 N–H and O–H groups in total. The molecule has 1 atom stereocenters. The van der Waals surface area contributed by atoms with Crippen LogP contribution in [0.5, 0.6) is 0 Å². The van der Waals surface area contributed by atoms with Crippen LogP contribution in [0.1, 0.15) is 25.2 Å². The standard InChI is InChI=1S/C27H16BF10N/c1-11(2)15(13-8-4-3-7-12(13)14-9-5-6-10-39-14)28(16-18(29)22(33)26(37)23(34)19(16)30)17-20(31)24(35)27(38)25(36)21(17)32/h3-11,15H,1-2H3. The number of hydrogen-bond donors (Lipinski definition) is 0. The molecule has 0 aliphatic heterocycles. The number of halogens is 10. The molecule has 0 fully saturated rings. The van der Waals surface area contributed by atoms with Crippen molar-refractivity contribution in [2.45, 2.75) is 19.7 Å². The molecule has 202 valence electrons. The topological polar surface area (TPSA) is 12.9 Å². The first-order valence-corrected chi connectivity index (χ1v) is 11.4. The number of aromatic nitrogens is 1. The summed E-state index contributed by atoms with van der Waals surface area (Å²) in [6, 6.07) is 10.4. The summed E-state index contributed by atoms with van der Waals surface area (Å²) in [5, 5.41) is 0. The van der Waals surface area contributed by atoms with E-state index in [4.69, 9.17) is 0 Å². The number of hydrogen-bond acceptors (Lipinski definition) is 1. The average molecular weight is 555 g/mol. The first kappa shape index (κ1) is 28.2. The predicted octanol–water partition coefficient (Wildman–Crippen LogP) is 6.73. The number of pyridine rings is 1. The molecule has 1 heterocycles. The first-order valence-electron chi connectivity index (χ1n) is 11.4. The molecule has 0 spiro atoms. The lowest BCUT2D eigenvalue weighted by molar-refractivity contribution is 0.381. The van der Waals surface area contributed by atoms with Gasteiger partial charge in [0.15, 0.2) is 58.2 Å². The molecule has 0 amide bonds. The lowest BCUT2D eigenvalue weighted by Crippen LogP contribution is -2.55. The quantitative estimate of drug-likeness (QED) is 0.111. The molecule has 1 unspecified atom stereocenters. The summed E-state index contributed by atoms with van der Waals surface area (Å²) in [7, 11) is 0. The van der Waals surface area contributed by atoms with Crippen LogP contribution in [0.2, 0.25) is 0 Å².